The van der Waals surface area contributed by atoms with Crippen LogP contribution in [0.4, 0.5) is 0 Å². The van der Waals surface area contributed by atoms with E-state index >= 15 is 0 Å². The van der Waals surface area contributed by atoms with Crippen LogP contribution in [0.25, 0.3) is 0 Å². The first kappa shape index (κ1) is 13.1. The molecule has 5 heteroatoms. The highest BCUT2D eigenvalue weighted by Crippen LogP contribution is 2.04. The molecule has 4 nitrogen and oxygen atoms in total. The zero-order valence-corrected chi connectivity index (χ0v) is 11.1. The summed E-state index contributed by atoms with van der Waals surface area (Å²) in [5, 5.41) is -0.304. The standard InChI is InChI=1S/C11H20N2O2S/c1-9(2)16(14,15)8-7-12-13-10(3)5-6-11(13)4/h5-6,9,12H,7-8H2,1-4H3. The molecule has 0 aliphatic heterocycles. The first-order valence-corrected chi connectivity index (χ1v) is 7.16. The van der Waals surface area contributed by atoms with E-state index in [1.165, 1.54) is 0 Å². The monoisotopic (exact) mass is 244 g/mol. The molecule has 16 heavy (non-hydrogen) atoms. The maximum Gasteiger partial charge on any atom is 0.154 e. The Labute approximate surface area is 97.6 Å². The highest BCUT2D eigenvalue weighted by molar-refractivity contribution is 7.92. The average Bonchev–Trinajstić information content (AvgIpc) is 2.48. The summed E-state index contributed by atoms with van der Waals surface area (Å²) >= 11 is 0. The van der Waals surface area contributed by atoms with E-state index in [1.807, 2.05) is 30.7 Å². The van der Waals surface area contributed by atoms with E-state index in [9.17, 15) is 8.42 Å². The van der Waals surface area contributed by atoms with Gasteiger partial charge in [0.2, 0.25) is 0 Å². The molecule has 1 aromatic rings. The largest absolute Gasteiger partial charge is 0.325 e. The number of hydrogen-bond acceptors (Lipinski definition) is 3. The van der Waals surface area contributed by atoms with Crippen molar-refractivity contribution in [2.75, 3.05) is 17.7 Å². The number of aromatic nitrogens is 1. The second-order valence-corrected chi connectivity index (χ2v) is 6.95. The van der Waals surface area contributed by atoms with E-state index in [2.05, 4.69) is 5.43 Å². The number of nitrogens with one attached hydrogen (secondary N) is 1. The maximum absolute atomic E-state index is 11.6. The number of sulfone groups is 1. The Bertz CT molecular complexity index is 427. The van der Waals surface area contributed by atoms with Gasteiger partial charge < -0.3 is 5.43 Å². The third-order valence-electron chi connectivity index (χ3n) is 2.65. The quantitative estimate of drug-likeness (QED) is 0.853. The molecule has 1 N–H and O–H groups in total. The number of aryl methyl sites for hydroxylation is 2. The van der Waals surface area contributed by atoms with Crippen LogP contribution >= 0.6 is 0 Å². The summed E-state index contributed by atoms with van der Waals surface area (Å²) in [5.74, 6) is 0.168. The first-order chi connectivity index (χ1) is 7.34. The lowest BCUT2D eigenvalue weighted by Gasteiger charge is -2.13. The van der Waals surface area contributed by atoms with Crippen LogP contribution < -0.4 is 5.43 Å². The van der Waals surface area contributed by atoms with E-state index in [4.69, 9.17) is 0 Å². The van der Waals surface area contributed by atoms with Crippen LogP contribution in [0.1, 0.15) is 25.2 Å². The minimum Gasteiger partial charge on any atom is -0.325 e. The molecule has 0 unspecified atom stereocenters. The summed E-state index contributed by atoms with van der Waals surface area (Å²) in [6.07, 6.45) is 0. The molecule has 0 radical (unpaired) electrons. The van der Waals surface area contributed by atoms with Gasteiger partial charge in [-0.2, -0.15) is 0 Å². The predicted molar refractivity (Wildman–Crippen MR) is 67.1 cm³/mol. The second kappa shape index (κ2) is 4.91. The minimum atomic E-state index is -2.95. The molecule has 0 aliphatic rings. The fourth-order valence-electron chi connectivity index (χ4n) is 1.45. The molecule has 0 amide bonds. The lowest BCUT2D eigenvalue weighted by atomic mass is 10.5. The van der Waals surface area contributed by atoms with Crippen molar-refractivity contribution in [3.63, 3.8) is 0 Å². The number of rotatable bonds is 5. The van der Waals surface area contributed by atoms with Gasteiger partial charge in [-0.25, -0.2) is 8.42 Å². The Morgan fingerprint density at radius 1 is 1.25 bits per heavy atom. The van der Waals surface area contributed by atoms with Crippen LogP contribution in [0.3, 0.4) is 0 Å². The van der Waals surface area contributed by atoms with Crippen LogP contribution in [0.2, 0.25) is 0 Å². The van der Waals surface area contributed by atoms with Crippen LogP contribution in [0.5, 0.6) is 0 Å². The van der Waals surface area contributed by atoms with Gasteiger partial charge in [0.15, 0.2) is 9.84 Å². The highest BCUT2D eigenvalue weighted by atomic mass is 32.2. The zero-order chi connectivity index (χ0) is 12.3. The van der Waals surface area contributed by atoms with Crippen molar-refractivity contribution in [2.24, 2.45) is 0 Å². The SMILES string of the molecule is Cc1ccc(C)n1NCCS(=O)(=O)C(C)C. The van der Waals surface area contributed by atoms with Crippen LogP contribution in [-0.4, -0.2) is 30.6 Å². The summed E-state index contributed by atoms with van der Waals surface area (Å²) in [6.45, 7) is 7.83. The number of hydrogen-bond donors (Lipinski definition) is 1. The summed E-state index contributed by atoms with van der Waals surface area (Å²) in [7, 11) is -2.95. The van der Waals surface area contributed by atoms with Gasteiger partial charge in [0, 0.05) is 17.9 Å². The predicted octanol–water partition coefficient (Wildman–Crippen LogP) is 1.47. The Balaban J connectivity index is 2.55. The van der Waals surface area contributed by atoms with Gasteiger partial charge in [0.1, 0.15) is 0 Å². The Morgan fingerprint density at radius 2 is 1.75 bits per heavy atom. The van der Waals surface area contributed by atoms with Crippen molar-refractivity contribution in [1.29, 1.82) is 0 Å². The Kier molecular flexibility index (Phi) is 4.02. The molecule has 0 atom stereocenters. The van der Waals surface area contributed by atoms with Gasteiger partial charge in [0.05, 0.1) is 11.0 Å². The molecular weight excluding hydrogens is 224 g/mol. The molecule has 0 aromatic carbocycles. The first-order valence-electron chi connectivity index (χ1n) is 5.45. The molecule has 0 fully saturated rings. The van der Waals surface area contributed by atoms with Crippen molar-refractivity contribution < 1.29 is 8.42 Å². The fraction of sp³-hybridized carbons (Fsp3) is 0.636. The van der Waals surface area contributed by atoms with Crippen molar-refractivity contribution in [2.45, 2.75) is 32.9 Å². The third-order valence-corrected chi connectivity index (χ3v) is 4.86. The molecule has 0 aliphatic carbocycles. The van der Waals surface area contributed by atoms with Crippen LogP contribution in [0, 0.1) is 13.8 Å². The maximum atomic E-state index is 11.6. The highest BCUT2D eigenvalue weighted by Gasteiger charge is 2.15. The Hall–Kier alpha value is -0.970. The van der Waals surface area contributed by atoms with E-state index < -0.39 is 9.84 Å². The smallest absolute Gasteiger partial charge is 0.154 e. The second-order valence-electron chi connectivity index (χ2n) is 4.28. The van der Waals surface area contributed by atoms with E-state index in [1.54, 1.807) is 13.8 Å². The van der Waals surface area contributed by atoms with Crippen molar-refractivity contribution >= 4 is 9.84 Å². The van der Waals surface area contributed by atoms with Crippen LogP contribution in [-0.2, 0) is 9.84 Å². The van der Waals surface area contributed by atoms with Gasteiger partial charge in [-0.3, -0.25) is 4.68 Å². The van der Waals surface area contributed by atoms with Crippen LogP contribution in [0.15, 0.2) is 12.1 Å². The minimum absolute atomic E-state index is 0.168. The molecule has 1 heterocycles. The molecule has 92 valence electrons. The van der Waals surface area contributed by atoms with Crippen molar-refractivity contribution in [1.82, 2.24) is 4.68 Å². The zero-order valence-electron chi connectivity index (χ0n) is 10.3. The van der Waals surface area contributed by atoms with Crippen molar-refractivity contribution in [3.8, 4) is 0 Å². The summed E-state index contributed by atoms with van der Waals surface area (Å²) in [5.41, 5.74) is 5.28. The molecule has 0 saturated carbocycles. The fourth-order valence-corrected chi connectivity index (χ4v) is 2.30. The summed E-state index contributed by atoms with van der Waals surface area (Å²) in [4.78, 5) is 0. The molecule has 0 bridgehead atoms. The van der Waals surface area contributed by atoms with Gasteiger partial charge in [-0.1, -0.05) is 0 Å². The molecule has 0 spiro atoms. The van der Waals surface area contributed by atoms with E-state index in [0.29, 0.717) is 6.54 Å². The average molecular weight is 244 g/mol. The molecular formula is C11H20N2O2S. The van der Waals surface area contributed by atoms with E-state index in [-0.39, 0.29) is 11.0 Å². The van der Waals surface area contributed by atoms with Gasteiger partial charge in [-0.15, -0.1) is 0 Å². The third kappa shape index (κ3) is 3.01. The Morgan fingerprint density at radius 3 is 2.19 bits per heavy atom. The van der Waals surface area contributed by atoms with Gasteiger partial charge >= 0.3 is 0 Å². The lowest BCUT2D eigenvalue weighted by Crippen LogP contribution is -2.27. The molecule has 1 aromatic heterocycles. The number of nitrogens with zero attached hydrogens (tertiary/aromatic N) is 1. The normalized spacial score (nSPS) is 12.1. The van der Waals surface area contributed by atoms with Gasteiger partial charge in [0.25, 0.3) is 0 Å². The lowest BCUT2D eigenvalue weighted by molar-refractivity contribution is 0.586. The molecule has 0 saturated heterocycles. The topological polar surface area (TPSA) is 51.1 Å². The summed E-state index contributed by atoms with van der Waals surface area (Å²) < 4.78 is 25.1. The summed E-state index contributed by atoms with van der Waals surface area (Å²) in [6, 6.07) is 4.00. The van der Waals surface area contributed by atoms with Crippen molar-refractivity contribution in [3.05, 3.63) is 23.5 Å². The molecule has 1 rings (SSSR count). The van der Waals surface area contributed by atoms with Gasteiger partial charge in [-0.05, 0) is 39.8 Å². The van der Waals surface area contributed by atoms with E-state index in [0.717, 1.165) is 11.4 Å².